The van der Waals surface area contributed by atoms with Crippen molar-refractivity contribution in [2.45, 2.75) is 37.8 Å². The second-order valence-electron chi connectivity index (χ2n) is 7.88. The summed E-state index contributed by atoms with van der Waals surface area (Å²) >= 11 is 0. The van der Waals surface area contributed by atoms with Crippen molar-refractivity contribution in [3.8, 4) is 5.75 Å². The third kappa shape index (κ3) is 4.28. The van der Waals surface area contributed by atoms with E-state index in [1.807, 2.05) is 24.3 Å². The molecule has 3 aromatic rings. The number of rotatable bonds is 7. The maximum atomic E-state index is 12.6. The Kier molecular flexibility index (Phi) is 5.11. The van der Waals surface area contributed by atoms with Crippen molar-refractivity contribution >= 4 is 17.5 Å². The van der Waals surface area contributed by atoms with E-state index in [-0.39, 0.29) is 11.8 Å². The van der Waals surface area contributed by atoms with Crippen molar-refractivity contribution in [2.24, 2.45) is 0 Å². The van der Waals surface area contributed by atoms with Gasteiger partial charge in [0.15, 0.2) is 6.10 Å². The van der Waals surface area contributed by atoms with Crippen LogP contribution in [-0.4, -0.2) is 39.2 Å². The molecule has 0 saturated heterocycles. The van der Waals surface area contributed by atoms with Crippen molar-refractivity contribution in [3.05, 3.63) is 71.8 Å². The molecule has 5 rings (SSSR count). The molecule has 8 nitrogen and oxygen atoms in total. The van der Waals surface area contributed by atoms with Crippen molar-refractivity contribution in [2.75, 3.05) is 11.9 Å². The second kappa shape index (κ2) is 8.22. The summed E-state index contributed by atoms with van der Waals surface area (Å²) in [5, 5.41) is 13.9. The van der Waals surface area contributed by atoms with Gasteiger partial charge in [-0.05, 0) is 42.7 Å². The van der Waals surface area contributed by atoms with Crippen LogP contribution in [0.4, 0.5) is 5.69 Å². The number of carbonyl (C=O) groups is 2. The lowest BCUT2D eigenvalue weighted by Gasteiger charge is -2.12. The number of ether oxygens (including phenoxy) is 1. The Balaban J connectivity index is 1.15. The minimum Gasteiger partial charge on any atom is -0.480 e. The van der Waals surface area contributed by atoms with Gasteiger partial charge in [0.1, 0.15) is 17.9 Å². The SMILES string of the molecule is O=C(NCCc1nncn1C1CC1)c1cccc(NC(=O)C2Cc3ccccc3O2)c1. The normalized spacial score (nSPS) is 17.0. The number of fused-ring (bicyclic) bond motifs is 1. The van der Waals surface area contributed by atoms with E-state index in [2.05, 4.69) is 25.4 Å². The summed E-state index contributed by atoms with van der Waals surface area (Å²) in [6.07, 6.45) is 4.67. The maximum Gasteiger partial charge on any atom is 0.265 e. The summed E-state index contributed by atoms with van der Waals surface area (Å²) in [6, 6.07) is 15.0. The van der Waals surface area contributed by atoms with Crippen LogP contribution in [0, 0.1) is 0 Å². The molecule has 1 aliphatic carbocycles. The lowest BCUT2D eigenvalue weighted by atomic mass is 10.1. The van der Waals surface area contributed by atoms with E-state index < -0.39 is 6.10 Å². The van der Waals surface area contributed by atoms with Gasteiger partial charge >= 0.3 is 0 Å². The highest BCUT2D eigenvalue weighted by atomic mass is 16.5. The first-order valence-corrected chi connectivity index (χ1v) is 10.5. The number of para-hydroxylation sites is 1. The van der Waals surface area contributed by atoms with Crippen LogP contribution in [0.1, 0.15) is 40.6 Å². The molecule has 158 valence electrons. The number of hydrogen-bond acceptors (Lipinski definition) is 5. The molecule has 0 spiro atoms. The average molecular weight is 417 g/mol. The highest BCUT2D eigenvalue weighted by Crippen LogP contribution is 2.35. The first-order chi connectivity index (χ1) is 15.2. The van der Waals surface area contributed by atoms with Gasteiger partial charge in [0.05, 0.1) is 0 Å². The molecule has 2 heterocycles. The van der Waals surface area contributed by atoms with Crippen molar-refractivity contribution in [1.29, 1.82) is 0 Å². The van der Waals surface area contributed by atoms with Crippen LogP contribution < -0.4 is 15.4 Å². The average Bonchev–Trinajstić information content (AvgIpc) is 3.35. The third-order valence-electron chi connectivity index (χ3n) is 5.55. The number of hydrogen-bond donors (Lipinski definition) is 2. The molecule has 31 heavy (non-hydrogen) atoms. The highest BCUT2D eigenvalue weighted by Gasteiger charge is 2.29. The largest absolute Gasteiger partial charge is 0.480 e. The number of nitrogens with one attached hydrogen (secondary N) is 2. The highest BCUT2D eigenvalue weighted by molar-refractivity contribution is 5.98. The Labute approximate surface area is 179 Å². The van der Waals surface area contributed by atoms with E-state index in [0.717, 1.165) is 30.0 Å². The molecule has 2 aromatic carbocycles. The number of amides is 2. The molecule has 2 aliphatic rings. The third-order valence-corrected chi connectivity index (χ3v) is 5.55. The van der Waals surface area contributed by atoms with Gasteiger partial charge in [0.25, 0.3) is 11.8 Å². The van der Waals surface area contributed by atoms with Crippen LogP contribution in [0.15, 0.2) is 54.9 Å². The van der Waals surface area contributed by atoms with Gasteiger partial charge in [-0.25, -0.2) is 0 Å². The second-order valence-corrected chi connectivity index (χ2v) is 7.88. The smallest absolute Gasteiger partial charge is 0.265 e. The van der Waals surface area contributed by atoms with Crippen LogP contribution in [-0.2, 0) is 17.6 Å². The van der Waals surface area contributed by atoms with Gasteiger partial charge in [-0.15, -0.1) is 10.2 Å². The van der Waals surface area contributed by atoms with Gasteiger partial charge in [-0.3, -0.25) is 9.59 Å². The van der Waals surface area contributed by atoms with Crippen LogP contribution in [0.3, 0.4) is 0 Å². The zero-order valence-electron chi connectivity index (χ0n) is 17.0. The first-order valence-electron chi connectivity index (χ1n) is 10.5. The Morgan fingerprint density at radius 1 is 1.13 bits per heavy atom. The van der Waals surface area contributed by atoms with Gasteiger partial charge in [-0.2, -0.15) is 0 Å². The molecular weight excluding hydrogens is 394 g/mol. The summed E-state index contributed by atoms with van der Waals surface area (Å²) < 4.78 is 7.82. The molecule has 1 aromatic heterocycles. The zero-order valence-corrected chi connectivity index (χ0v) is 17.0. The molecule has 1 fully saturated rings. The summed E-state index contributed by atoms with van der Waals surface area (Å²) in [4.78, 5) is 25.2. The molecule has 1 aliphatic heterocycles. The van der Waals surface area contributed by atoms with Gasteiger partial charge < -0.3 is 19.9 Å². The number of aromatic nitrogens is 3. The van der Waals surface area contributed by atoms with Gasteiger partial charge in [0, 0.05) is 36.7 Å². The Bertz CT molecular complexity index is 1100. The van der Waals surface area contributed by atoms with E-state index in [4.69, 9.17) is 4.74 Å². The fourth-order valence-electron chi connectivity index (χ4n) is 3.78. The monoisotopic (exact) mass is 417 g/mol. The number of nitrogens with zero attached hydrogens (tertiary/aromatic N) is 3. The minimum absolute atomic E-state index is 0.196. The van der Waals surface area contributed by atoms with Crippen LogP contribution in [0.5, 0.6) is 5.75 Å². The number of benzene rings is 2. The van der Waals surface area contributed by atoms with Gasteiger partial charge in [-0.1, -0.05) is 24.3 Å². The lowest BCUT2D eigenvalue weighted by molar-refractivity contribution is -0.122. The summed E-state index contributed by atoms with van der Waals surface area (Å²) in [5.41, 5.74) is 2.07. The molecule has 0 bridgehead atoms. The van der Waals surface area contributed by atoms with E-state index in [1.54, 1.807) is 30.6 Å². The van der Waals surface area contributed by atoms with E-state index in [9.17, 15) is 9.59 Å². The van der Waals surface area contributed by atoms with Crippen molar-refractivity contribution in [1.82, 2.24) is 20.1 Å². The van der Waals surface area contributed by atoms with Crippen molar-refractivity contribution in [3.63, 3.8) is 0 Å². The Hall–Kier alpha value is -3.68. The predicted octanol–water partition coefficient (Wildman–Crippen LogP) is 2.53. The van der Waals surface area contributed by atoms with Crippen LogP contribution >= 0.6 is 0 Å². The first kappa shape index (κ1) is 19.3. The molecule has 0 radical (unpaired) electrons. The Morgan fingerprint density at radius 3 is 2.84 bits per heavy atom. The molecule has 8 heteroatoms. The molecular formula is C23H23N5O3. The molecule has 1 unspecified atom stereocenters. The number of carbonyl (C=O) groups excluding carboxylic acids is 2. The van der Waals surface area contributed by atoms with E-state index in [0.29, 0.717) is 36.7 Å². The Morgan fingerprint density at radius 2 is 2.00 bits per heavy atom. The minimum atomic E-state index is -0.571. The molecule has 1 saturated carbocycles. The molecule has 2 amide bonds. The zero-order chi connectivity index (χ0) is 21.2. The quantitative estimate of drug-likeness (QED) is 0.616. The summed E-state index contributed by atoms with van der Waals surface area (Å²) in [7, 11) is 0. The topological polar surface area (TPSA) is 98.1 Å². The fraction of sp³-hybridized carbons (Fsp3) is 0.304. The van der Waals surface area contributed by atoms with Crippen LogP contribution in [0.25, 0.3) is 0 Å². The van der Waals surface area contributed by atoms with Crippen LogP contribution in [0.2, 0.25) is 0 Å². The molecule has 1 atom stereocenters. The lowest BCUT2D eigenvalue weighted by Crippen LogP contribution is -2.31. The fourth-order valence-corrected chi connectivity index (χ4v) is 3.78. The number of anilines is 1. The van der Waals surface area contributed by atoms with E-state index in [1.165, 1.54) is 0 Å². The van der Waals surface area contributed by atoms with Crippen molar-refractivity contribution < 1.29 is 14.3 Å². The summed E-state index contributed by atoms with van der Waals surface area (Å²) in [6.45, 7) is 0.467. The van der Waals surface area contributed by atoms with Gasteiger partial charge in [0.2, 0.25) is 0 Å². The van der Waals surface area contributed by atoms with E-state index >= 15 is 0 Å². The summed E-state index contributed by atoms with van der Waals surface area (Å²) in [5.74, 6) is 1.21. The standard InChI is InChI=1S/C23H23N5O3/c29-22(24-11-10-21-27-25-14-28(21)18-8-9-18)16-5-3-6-17(12-16)26-23(30)20-13-15-4-1-2-7-19(15)31-20/h1-7,12,14,18,20H,8-11,13H2,(H,24,29)(H,26,30). The molecule has 2 N–H and O–H groups in total. The maximum absolute atomic E-state index is 12.6. The predicted molar refractivity (Wildman–Crippen MR) is 114 cm³/mol.